The number of phenols is 1. The third-order valence-electron chi connectivity index (χ3n) is 2.92. The summed E-state index contributed by atoms with van der Waals surface area (Å²) in [5, 5.41) is 9.61. The minimum absolute atomic E-state index is 0.240. The number of phenolic OH excluding ortho intramolecular Hbond substituents is 1. The van der Waals surface area contributed by atoms with Gasteiger partial charge in [-0.25, -0.2) is 0 Å². The molecule has 0 aliphatic carbocycles. The molecule has 0 unspecified atom stereocenters. The number of hydrogen-bond acceptors (Lipinski definition) is 3. The highest BCUT2D eigenvalue weighted by Crippen LogP contribution is 2.30. The molecule has 3 nitrogen and oxygen atoms in total. The van der Waals surface area contributed by atoms with E-state index in [1.54, 1.807) is 12.1 Å². The van der Waals surface area contributed by atoms with Crippen molar-refractivity contribution in [1.82, 2.24) is 0 Å². The van der Waals surface area contributed by atoms with Crippen LogP contribution in [0.25, 0.3) is 0 Å². The highest BCUT2D eigenvalue weighted by molar-refractivity contribution is 7.80. The summed E-state index contributed by atoms with van der Waals surface area (Å²) in [6, 6.07) is 14.9. The summed E-state index contributed by atoms with van der Waals surface area (Å²) in [4.78, 5) is 2.43. The predicted molar refractivity (Wildman–Crippen MR) is 83.1 cm³/mol. The molecule has 0 saturated carbocycles. The van der Waals surface area contributed by atoms with Gasteiger partial charge in [-0.05, 0) is 31.2 Å². The molecule has 98 valence electrons. The Kier molecular flexibility index (Phi) is 4.02. The fourth-order valence-electron chi connectivity index (χ4n) is 2.07. The molecule has 3 N–H and O–H groups in total. The van der Waals surface area contributed by atoms with Crippen molar-refractivity contribution < 1.29 is 5.11 Å². The zero-order valence-corrected chi connectivity index (χ0v) is 11.5. The van der Waals surface area contributed by atoms with Crippen LogP contribution in [-0.4, -0.2) is 16.6 Å². The molecular formula is C15H16N2OS. The quantitative estimate of drug-likeness (QED) is 0.839. The molecule has 0 amide bonds. The first-order chi connectivity index (χ1) is 9.13. The van der Waals surface area contributed by atoms with Gasteiger partial charge in [0.05, 0.1) is 5.69 Å². The molecule has 2 rings (SSSR count). The predicted octanol–water partition coefficient (Wildman–Crippen LogP) is 3.18. The first-order valence-electron chi connectivity index (χ1n) is 6.09. The molecule has 0 aliphatic rings. The van der Waals surface area contributed by atoms with Gasteiger partial charge < -0.3 is 15.7 Å². The first kappa shape index (κ1) is 13.4. The van der Waals surface area contributed by atoms with Crippen LogP contribution >= 0.6 is 12.2 Å². The van der Waals surface area contributed by atoms with E-state index in [9.17, 15) is 5.11 Å². The molecule has 0 heterocycles. The smallest absolute Gasteiger partial charge is 0.117 e. The van der Waals surface area contributed by atoms with Crippen LogP contribution in [-0.2, 0) is 0 Å². The largest absolute Gasteiger partial charge is 0.508 e. The van der Waals surface area contributed by atoms with Gasteiger partial charge in [-0.1, -0.05) is 30.4 Å². The minimum Gasteiger partial charge on any atom is -0.508 e. The van der Waals surface area contributed by atoms with E-state index in [0.717, 1.165) is 23.5 Å². The highest BCUT2D eigenvalue weighted by atomic mass is 32.1. The lowest BCUT2D eigenvalue weighted by Crippen LogP contribution is -2.21. The maximum Gasteiger partial charge on any atom is 0.117 e. The molecular weight excluding hydrogens is 256 g/mol. The molecule has 0 bridgehead atoms. The summed E-state index contributed by atoms with van der Waals surface area (Å²) < 4.78 is 0. The van der Waals surface area contributed by atoms with Crippen molar-refractivity contribution in [3.63, 3.8) is 0 Å². The van der Waals surface area contributed by atoms with E-state index < -0.39 is 0 Å². The molecule has 0 atom stereocenters. The Hall–Kier alpha value is -2.07. The average molecular weight is 272 g/mol. The molecule has 4 heteroatoms. The third-order valence-corrected chi connectivity index (χ3v) is 3.14. The third kappa shape index (κ3) is 2.85. The second kappa shape index (κ2) is 5.71. The van der Waals surface area contributed by atoms with E-state index >= 15 is 0 Å². The summed E-state index contributed by atoms with van der Waals surface area (Å²) in [6.07, 6.45) is 0. The van der Waals surface area contributed by atoms with Crippen molar-refractivity contribution in [3.8, 4) is 5.75 Å². The highest BCUT2D eigenvalue weighted by Gasteiger charge is 2.13. The molecule has 2 aromatic carbocycles. The fraction of sp³-hybridized carbons (Fsp3) is 0.133. The topological polar surface area (TPSA) is 49.5 Å². The number of rotatable bonds is 4. The average Bonchev–Trinajstić information content (AvgIpc) is 2.40. The number of aromatic hydroxyl groups is 1. The monoisotopic (exact) mass is 272 g/mol. The summed E-state index contributed by atoms with van der Waals surface area (Å²) in [5.41, 5.74) is 8.46. The van der Waals surface area contributed by atoms with Gasteiger partial charge in [0.25, 0.3) is 0 Å². The number of para-hydroxylation sites is 1. The molecule has 2 aromatic rings. The number of anilines is 2. The van der Waals surface area contributed by atoms with E-state index in [-0.39, 0.29) is 5.75 Å². The second-order valence-corrected chi connectivity index (χ2v) is 4.59. The van der Waals surface area contributed by atoms with E-state index in [1.165, 1.54) is 0 Å². The normalized spacial score (nSPS) is 10.2. The lowest BCUT2D eigenvalue weighted by molar-refractivity contribution is 0.475. The molecule has 0 fully saturated rings. The van der Waals surface area contributed by atoms with Crippen molar-refractivity contribution in [2.45, 2.75) is 6.92 Å². The van der Waals surface area contributed by atoms with Crippen molar-refractivity contribution in [2.75, 3.05) is 11.4 Å². The van der Waals surface area contributed by atoms with Crippen LogP contribution < -0.4 is 10.6 Å². The van der Waals surface area contributed by atoms with Crippen LogP contribution in [0.1, 0.15) is 12.5 Å². The molecule has 0 spiro atoms. The van der Waals surface area contributed by atoms with Crippen LogP contribution in [0.15, 0.2) is 48.5 Å². The maximum absolute atomic E-state index is 9.61. The van der Waals surface area contributed by atoms with Crippen molar-refractivity contribution in [2.24, 2.45) is 5.73 Å². The van der Waals surface area contributed by atoms with Crippen molar-refractivity contribution in [3.05, 3.63) is 54.1 Å². The summed E-state index contributed by atoms with van der Waals surface area (Å²) in [5.74, 6) is 0.240. The van der Waals surface area contributed by atoms with E-state index in [2.05, 4.69) is 4.90 Å². The molecule has 0 aromatic heterocycles. The fourth-order valence-corrected chi connectivity index (χ4v) is 2.24. The van der Waals surface area contributed by atoms with Gasteiger partial charge in [-0.15, -0.1) is 0 Å². The van der Waals surface area contributed by atoms with Crippen LogP contribution in [0, 0.1) is 0 Å². The van der Waals surface area contributed by atoms with E-state index in [4.69, 9.17) is 18.0 Å². The summed E-state index contributed by atoms with van der Waals surface area (Å²) >= 11 is 5.09. The molecule has 0 saturated heterocycles. The lowest BCUT2D eigenvalue weighted by Gasteiger charge is -2.25. The van der Waals surface area contributed by atoms with Crippen LogP contribution in [0.3, 0.4) is 0 Å². The first-order valence-corrected chi connectivity index (χ1v) is 6.49. The zero-order chi connectivity index (χ0) is 13.8. The molecule has 19 heavy (non-hydrogen) atoms. The van der Waals surface area contributed by atoms with Crippen molar-refractivity contribution >= 4 is 28.6 Å². The maximum atomic E-state index is 9.61. The molecule has 0 radical (unpaired) electrons. The van der Waals surface area contributed by atoms with E-state index in [0.29, 0.717) is 4.99 Å². The standard InChI is InChI=1S/C15H16N2OS/c1-2-17(11-6-5-7-12(18)10-11)14-9-4-3-8-13(14)15(16)19/h3-10,18H,2H2,1H3,(H2,16,19). The van der Waals surface area contributed by atoms with E-state index in [1.807, 2.05) is 43.3 Å². The van der Waals surface area contributed by atoms with Gasteiger partial charge >= 0.3 is 0 Å². The van der Waals surface area contributed by atoms with Crippen LogP contribution in [0.2, 0.25) is 0 Å². The van der Waals surface area contributed by atoms with Gasteiger partial charge in [0.15, 0.2) is 0 Å². The second-order valence-electron chi connectivity index (χ2n) is 4.15. The number of hydrogen-bond donors (Lipinski definition) is 2. The lowest BCUT2D eigenvalue weighted by atomic mass is 10.1. The Balaban J connectivity index is 2.51. The van der Waals surface area contributed by atoms with Gasteiger partial charge in [-0.2, -0.15) is 0 Å². The van der Waals surface area contributed by atoms with Crippen LogP contribution in [0.4, 0.5) is 11.4 Å². The Bertz CT molecular complexity index is 598. The zero-order valence-electron chi connectivity index (χ0n) is 10.7. The van der Waals surface area contributed by atoms with Crippen LogP contribution in [0.5, 0.6) is 5.75 Å². The minimum atomic E-state index is 0.240. The Morgan fingerprint density at radius 2 is 1.95 bits per heavy atom. The Labute approximate surface area is 118 Å². The van der Waals surface area contributed by atoms with Gasteiger partial charge in [-0.3, -0.25) is 0 Å². The summed E-state index contributed by atoms with van der Waals surface area (Å²) in [6.45, 7) is 2.80. The number of nitrogens with two attached hydrogens (primary N) is 1. The Morgan fingerprint density at radius 3 is 2.58 bits per heavy atom. The number of nitrogens with zero attached hydrogens (tertiary/aromatic N) is 1. The van der Waals surface area contributed by atoms with Gasteiger partial charge in [0.2, 0.25) is 0 Å². The van der Waals surface area contributed by atoms with Gasteiger partial charge in [0.1, 0.15) is 10.7 Å². The van der Waals surface area contributed by atoms with Crippen molar-refractivity contribution in [1.29, 1.82) is 0 Å². The summed E-state index contributed by atoms with van der Waals surface area (Å²) in [7, 11) is 0. The SMILES string of the molecule is CCN(c1cccc(O)c1)c1ccccc1C(N)=S. The number of thiocarbonyl (C=S) groups is 1. The molecule has 0 aliphatic heterocycles. The van der Waals surface area contributed by atoms with Gasteiger partial charge in [0, 0.05) is 23.9 Å². The number of benzene rings is 2. The Morgan fingerprint density at radius 1 is 1.21 bits per heavy atom.